The number of hydrogen-bond acceptors (Lipinski definition) is 5. The van der Waals surface area contributed by atoms with E-state index >= 15 is 0 Å². The monoisotopic (exact) mass is 255 g/mol. The number of anilines is 1. The number of hydrogen-bond donors (Lipinski definition) is 2. The molecule has 3 rings (SSSR count). The molecule has 19 heavy (non-hydrogen) atoms. The fourth-order valence-electron chi connectivity index (χ4n) is 1.90. The fourth-order valence-corrected chi connectivity index (χ4v) is 1.90. The van der Waals surface area contributed by atoms with Crippen molar-refractivity contribution < 1.29 is 4.74 Å². The highest BCUT2D eigenvalue weighted by molar-refractivity contribution is 5.92. The van der Waals surface area contributed by atoms with Crippen LogP contribution in [0.5, 0.6) is 5.75 Å². The minimum absolute atomic E-state index is 0.545. The van der Waals surface area contributed by atoms with Gasteiger partial charge in [0, 0.05) is 11.6 Å². The number of aromatic nitrogens is 4. The first-order valence-corrected chi connectivity index (χ1v) is 5.87. The lowest BCUT2D eigenvalue weighted by Crippen LogP contribution is -2.03. The van der Waals surface area contributed by atoms with Crippen molar-refractivity contribution in [2.45, 2.75) is 6.54 Å². The molecule has 0 aliphatic rings. The molecular formula is C13H13N5O. The number of H-pyrrole nitrogens is 1. The molecule has 0 radical (unpaired) electrons. The summed E-state index contributed by atoms with van der Waals surface area (Å²) < 4.78 is 5.24. The Morgan fingerprint density at radius 2 is 2.21 bits per heavy atom. The van der Waals surface area contributed by atoms with Crippen LogP contribution in [-0.4, -0.2) is 27.3 Å². The highest BCUT2D eigenvalue weighted by Gasteiger charge is 2.04. The molecule has 0 unspecified atom stereocenters. The normalized spacial score (nSPS) is 10.6. The minimum Gasteiger partial charge on any atom is -0.497 e. The summed E-state index contributed by atoms with van der Waals surface area (Å²) >= 11 is 0. The standard InChI is InChI=1S/C13H13N5O/c1-19-10-3-2-9-4-5-14-13(11(9)6-10)15-7-12-16-8-17-18-12/h2-6,8H,7H2,1H3,(H,14,15)(H,16,17,18). The third-order valence-corrected chi connectivity index (χ3v) is 2.86. The van der Waals surface area contributed by atoms with Crippen LogP contribution in [0.25, 0.3) is 10.8 Å². The molecule has 0 bridgehead atoms. The van der Waals surface area contributed by atoms with Crippen LogP contribution < -0.4 is 10.1 Å². The van der Waals surface area contributed by atoms with Crippen molar-refractivity contribution in [1.82, 2.24) is 20.2 Å². The second-order valence-corrected chi connectivity index (χ2v) is 4.03. The smallest absolute Gasteiger partial charge is 0.143 e. The third kappa shape index (κ3) is 2.33. The molecule has 0 saturated heterocycles. The minimum atomic E-state index is 0.545. The number of pyridine rings is 1. The van der Waals surface area contributed by atoms with E-state index in [9.17, 15) is 0 Å². The number of nitrogens with zero attached hydrogens (tertiary/aromatic N) is 3. The average Bonchev–Trinajstić information content (AvgIpc) is 2.97. The van der Waals surface area contributed by atoms with Gasteiger partial charge in [0.05, 0.1) is 13.7 Å². The van der Waals surface area contributed by atoms with Crippen LogP contribution in [-0.2, 0) is 6.54 Å². The quantitative estimate of drug-likeness (QED) is 0.745. The number of aromatic amines is 1. The van der Waals surface area contributed by atoms with Gasteiger partial charge < -0.3 is 10.1 Å². The largest absolute Gasteiger partial charge is 0.497 e. The van der Waals surface area contributed by atoms with Crippen LogP contribution in [0.3, 0.4) is 0 Å². The van der Waals surface area contributed by atoms with Gasteiger partial charge in [-0.2, -0.15) is 5.10 Å². The molecule has 6 nitrogen and oxygen atoms in total. The van der Waals surface area contributed by atoms with Crippen LogP contribution in [0.4, 0.5) is 5.82 Å². The summed E-state index contributed by atoms with van der Waals surface area (Å²) in [5, 5.41) is 12.0. The maximum absolute atomic E-state index is 5.24. The van der Waals surface area contributed by atoms with E-state index in [-0.39, 0.29) is 0 Å². The molecular weight excluding hydrogens is 242 g/mol. The summed E-state index contributed by atoms with van der Waals surface area (Å²) in [4.78, 5) is 8.42. The molecule has 0 amide bonds. The van der Waals surface area contributed by atoms with Crippen LogP contribution in [0, 0.1) is 0 Å². The molecule has 0 spiro atoms. The maximum atomic E-state index is 5.24. The molecule has 0 atom stereocenters. The molecule has 2 N–H and O–H groups in total. The van der Waals surface area contributed by atoms with Gasteiger partial charge in [-0.15, -0.1) is 0 Å². The van der Waals surface area contributed by atoms with Crippen LogP contribution in [0.15, 0.2) is 36.8 Å². The van der Waals surface area contributed by atoms with E-state index in [4.69, 9.17) is 4.74 Å². The summed E-state index contributed by atoms with van der Waals surface area (Å²) in [5.41, 5.74) is 0. The van der Waals surface area contributed by atoms with Gasteiger partial charge in [0.2, 0.25) is 0 Å². The SMILES string of the molecule is COc1ccc2ccnc(NCc3ncn[nH]3)c2c1. The maximum Gasteiger partial charge on any atom is 0.143 e. The van der Waals surface area contributed by atoms with Gasteiger partial charge in [0.15, 0.2) is 0 Å². The number of rotatable bonds is 4. The predicted octanol–water partition coefficient (Wildman–Crippen LogP) is 1.97. The average molecular weight is 255 g/mol. The highest BCUT2D eigenvalue weighted by atomic mass is 16.5. The summed E-state index contributed by atoms with van der Waals surface area (Å²) in [6.45, 7) is 0.545. The lowest BCUT2D eigenvalue weighted by atomic mass is 10.1. The molecule has 3 aromatic rings. The first-order valence-electron chi connectivity index (χ1n) is 5.87. The molecule has 2 aromatic heterocycles. The lowest BCUT2D eigenvalue weighted by molar-refractivity contribution is 0.415. The molecule has 0 aliphatic carbocycles. The first kappa shape index (κ1) is 11.5. The first-order chi connectivity index (χ1) is 9.36. The summed E-state index contributed by atoms with van der Waals surface area (Å²) in [6.07, 6.45) is 3.26. The van der Waals surface area contributed by atoms with Crippen molar-refractivity contribution in [3.63, 3.8) is 0 Å². The Balaban J connectivity index is 1.93. The summed E-state index contributed by atoms with van der Waals surface area (Å²) in [5.74, 6) is 2.37. The summed E-state index contributed by atoms with van der Waals surface area (Å²) in [7, 11) is 1.65. The number of ether oxygens (including phenoxy) is 1. The van der Waals surface area contributed by atoms with Crippen molar-refractivity contribution in [3.8, 4) is 5.75 Å². The van der Waals surface area contributed by atoms with Crippen molar-refractivity contribution in [1.29, 1.82) is 0 Å². The molecule has 0 aliphatic heterocycles. The Morgan fingerprint density at radius 3 is 3.00 bits per heavy atom. The van der Waals surface area contributed by atoms with E-state index in [2.05, 4.69) is 25.5 Å². The Kier molecular flexibility index (Phi) is 2.97. The molecule has 0 fully saturated rings. The van der Waals surface area contributed by atoms with E-state index in [1.54, 1.807) is 13.3 Å². The molecule has 96 valence electrons. The molecule has 1 aromatic carbocycles. The van der Waals surface area contributed by atoms with Crippen molar-refractivity contribution >= 4 is 16.6 Å². The van der Waals surface area contributed by atoms with Gasteiger partial charge in [-0.25, -0.2) is 9.97 Å². The van der Waals surface area contributed by atoms with E-state index in [0.29, 0.717) is 6.54 Å². The number of methoxy groups -OCH3 is 1. The summed E-state index contributed by atoms with van der Waals surface area (Å²) in [6, 6.07) is 7.87. The van der Waals surface area contributed by atoms with Gasteiger partial charge in [-0.3, -0.25) is 5.10 Å². The van der Waals surface area contributed by atoms with Crippen molar-refractivity contribution in [2.24, 2.45) is 0 Å². The second kappa shape index (κ2) is 4.93. The van der Waals surface area contributed by atoms with Crippen molar-refractivity contribution in [2.75, 3.05) is 12.4 Å². The molecule has 6 heteroatoms. The number of fused-ring (bicyclic) bond motifs is 1. The zero-order chi connectivity index (χ0) is 13.1. The van der Waals surface area contributed by atoms with Crippen LogP contribution >= 0.6 is 0 Å². The molecule has 0 saturated carbocycles. The van der Waals surface area contributed by atoms with E-state index < -0.39 is 0 Å². The zero-order valence-corrected chi connectivity index (χ0v) is 10.4. The van der Waals surface area contributed by atoms with Gasteiger partial charge in [0.1, 0.15) is 23.7 Å². The van der Waals surface area contributed by atoms with E-state index in [0.717, 1.165) is 28.2 Å². The van der Waals surface area contributed by atoms with Crippen molar-refractivity contribution in [3.05, 3.63) is 42.6 Å². The Labute approximate surface area is 109 Å². The van der Waals surface area contributed by atoms with E-state index in [1.807, 2.05) is 24.3 Å². The number of benzene rings is 1. The Hall–Kier alpha value is -2.63. The van der Waals surface area contributed by atoms with E-state index in [1.165, 1.54) is 6.33 Å². The Morgan fingerprint density at radius 1 is 1.26 bits per heavy atom. The van der Waals surface area contributed by atoms with Gasteiger partial charge in [0.25, 0.3) is 0 Å². The second-order valence-electron chi connectivity index (χ2n) is 4.03. The zero-order valence-electron chi connectivity index (χ0n) is 10.4. The Bertz CT molecular complexity index is 681. The van der Waals surface area contributed by atoms with Crippen LogP contribution in [0.1, 0.15) is 5.82 Å². The van der Waals surface area contributed by atoms with Crippen LogP contribution in [0.2, 0.25) is 0 Å². The van der Waals surface area contributed by atoms with Gasteiger partial charge >= 0.3 is 0 Å². The fraction of sp³-hybridized carbons (Fsp3) is 0.154. The number of nitrogens with one attached hydrogen (secondary N) is 2. The lowest BCUT2D eigenvalue weighted by Gasteiger charge is -2.08. The molecule has 2 heterocycles. The predicted molar refractivity (Wildman–Crippen MR) is 72.0 cm³/mol. The van der Waals surface area contributed by atoms with Gasteiger partial charge in [-0.1, -0.05) is 6.07 Å². The van der Waals surface area contributed by atoms with Gasteiger partial charge in [-0.05, 0) is 23.6 Å². The topological polar surface area (TPSA) is 75.7 Å². The third-order valence-electron chi connectivity index (χ3n) is 2.86. The highest BCUT2D eigenvalue weighted by Crippen LogP contribution is 2.25.